The molecular weight excluding hydrogens is 284 g/mol. The number of aromatic amines is 1. The van der Waals surface area contributed by atoms with E-state index in [9.17, 15) is 4.79 Å². The quantitative estimate of drug-likeness (QED) is 0.761. The second-order valence-electron chi connectivity index (χ2n) is 3.96. The number of hydrogen-bond acceptors (Lipinski definition) is 5. The fourth-order valence-corrected chi connectivity index (χ4v) is 2.68. The number of fused-ring (bicyclic) bond motifs is 1. The average molecular weight is 293 g/mol. The highest BCUT2D eigenvalue weighted by atomic mass is 35.5. The van der Waals surface area contributed by atoms with Gasteiger partial charge in [0.15, 0.2) is 15.5 Å². The van der Waals surface area contributed by atoms with E-state index in [0.717, 1.165) is 5.69 Å². The van der Waals surface area contributed by atoms with Crippen molar-refractivity contribution in [2.45, 2.75) is 6.92 Å². The molecule has 0 unspecified atom stereocenters. The van der Waals surface area contributed by atoms with Gasteiger partial charge in [0, 0.05) is 10.7 Å². The van der Waals surface area contributed by atoms with Crippen molar-refractivity contribution < 1.29 is 0 Å². The summed E-state index contributed by atoms with van der Waals surface area (Å²) in [4.78, 5) is 23.5. The first-order valence-corrected chi connectivity index (χ1v) is 6.71. The van der Waals surface area contributed by atoms with Gasteiger partial charge in [-0.1, -0.05) is 22.9 Å². The van der Waals surface area contributed by atoms with E-state index in [0.29, 0.717) is 26.3 Å². The summed E-state index contributed by atoms with van der Waals surface area (Å²) in [6, 6.07) is 7.26. The molecule has 0 aliphatic carbocycles. The molecular formula is C12H9ClN4OS. The molecule has 3 aromatic rings. The predicted octanol–water partition coefficient (Wildman–Crippen LogP) is 3.09. The second kappa shape index (κ2) is 4.64. The van der Waals surface area contributed by atoms with Crippen LogP contribution in [0.3, 0.4) is 0 Å². The Morgan fingerprint density at radius 3 is 2.74 bits per heavy atom. The van der Waals surface area contributed by atoms with Crippen LogP contribution in [-0.4, -0.2) is 15.0 Å². The normalized spacial score (nSPS) is 10.8. The minimum atomic E-state index is -0.220. The maximum absolute atomic E-state index is 11.7. The number of hydrogen-bond donors (Lipinski definition) is 2. The number of nitrogens with one attached hydrogen (secondary N) is 2. The van der Waals surface area contributed by atoms with Gasteiger partial charge in [-0.2, -0.15) is 0 Å². The van der Waals surface area contributed by atoms with E-state index < -0.39 is 0 Å². The van der Waals surface area contributed by atoms with Crippen molar-refractivity contribution in [1.82, 2.24) is 15.0 Å². The van der Waals surface area contributed by atoms with Gasteiger partial charge in [0.05, 0.1) is 0 Å². The zero-order valence-electron chi connectivity index (χ0n) is 9.90. The fourth-order valence-electron chi connectivity index (χ4n) is 1.65. The molecule has 0 aliphatic heterocycles. The Hall–Kier alpha value is -1.92. The summed E-state index contributed by atoms with van der Waals surface area (Å²) >= 11 is 7.16. The minimum absolute atomic E-state index is 0.220. The van der Waals surface area contributed by atoms with Gasteiger partial charge in [0.1, 0.15) is 5.82 Å². The molecule has 0 bridgehead atoms. The molecule has 3 rings (SSSR count). The lowest BCUT2D eigenvalue weighted by Gasteiger charge is -2.00. The van der Waals surface area contributed by atoms with Crippen LogP contribution in [0.25, 0.3) is 10.3 Å². The van der Waals surface area contributed by atoms with Gasteiger partial charge in [-0.3, -0.25) is 4.79 Å². The topological polar surface area (TPSA) is 70.7 Å². The molecule has 0 saturated carbocycles. The van der Waals surface area contributed by atoms with Crippen molar-refractivity contribution in [1.29, 1.82) is 0 Å². The molecule has 0 aliphatic rings. The zero-order valence-corrected chi connectivity index (χ0v) is 11.5. The molecule has 0 spiro atoms. The monoisotopic (exact) mass is 292 g/mol. The zero-order chi connectivity index (χ0) is 13.4. The van der Waals surface area contributed by atoms with Crippen LogP contribution in [0.4, 0.5) is 10.8 Å². The summed E-state index contributed by atoms with van der Waals surface area (Å²) in [5.41, 5.74) is 0.992. The Labute approximate surface area is 117 Å². The van der Waals surface area contributed by atoms with Crippen LogP contribution in [0, 0.1) is 6.92 Å². The molecule has 0 fully saturated rings. The van der Waals surface area contributed by atoms with Crippen molar-refractivity contribution >= 4 is 44.1 Å². The van der Waals surface area contributed by atoms with Crippen molar-refractivity contribution in [3.8, 4) is 0 Å². The molecule has 0 atom stereocenters. The van der Waals surface area contributed by atoms with Gasteiger partial charge in [-0.15, -0.1) is 0 Å². The molecule has 19 heavy (non-hydrogen) atoms. The van der Waals surface area contributed by atoms with Crippen LogP contribution in [0.15, 0.2) is 29.1 Å². The lowest BCUT2D eigenvalue weighted by Crippen LogP contribution is -2.08. The number of H-pyrrole nitrogens is 1. The Morgan fingerprint density at radius 2 is 2.00 bits per heavy atom. The third-order valence-electron chi connectivity index (χ3n) is 2.48. The van der Waals surface area contributed by atoms with Crippen molar-refractivity contribution in [3.05, 3.63) is 45.5 Å². The highest BCUT2D eigenvalue weighted by molar-refractivity contribution is 7.21. The second-order valence-corrected chi connectivity index (χ2v) is 5.37. The van der Waals surface area contributed by atoms with E-state index in [4.69, 9.17) is 11.6 Å². The maximum Gasteiger partial charge on any atom is 0.278 e. The number of thiazole rings is 1. The van der Waals surface area contributed by atoms with Crippen LogP contribution in [-0.2, 0) is 0 Å². The summed E-state index contributed by atoms with van der Waals surface area (Å²) in [6.45, 7) is 1.74. The van der Waals surface area contributed by atoms with E-state index in [1.165, 1.54) is 11.3 Å². The summed E-state index contributed by atoms with van der Waals surface area (Å²) in [6.07, 6.45) is 0. The SMILES string of the molecule is Cc1nc2sc(Nc3ccc(Cl)cc3)nc2c(=O)[nH]1. The number of benzene rings is 1. The van der Waals surface area contributed by atoms with E-state index in [2.05, 4.69) is 20.3 Å². The van der Waals surface area contributed by atoms with Crippen LogP contribution in [0.1, 0.15) is 5.82 Å². The first kappa shape index (κ1) is 12.1. The molecule has 2 N–H and O–H groups in total. The Kier molecular flexibility index (Phi) is 2.96. The van der Waals surface area contributed by atoms with Crippen molar-refractivity contribution in [2.24, 2.45) is 0 Å². The maximum atomic E-state index is 11.7. The lowest BCUT2D eigenvalue weighted by atomic mass is 10.3. The first-order chi connectivity index (χ1) is 9.11. The molecule has 0 saturated heterocycles. The summed E-state index contributed by atoms with van der Waals surface area (Å²) in [5.74, 6) is 0.583. The van der Waals surface area contributed by atoms with Crippen molar-refractivity contribution in [3.63, 3.8) is 0 Å². The van der Waals surface area contributed by atoms with Crippen molar-refractivity contribution in [2.75, 3.05) is 5.32 Å². The smallest absolute Gasteiger partial charge is 0.278 e. The van der Waals surface area contributed by atoms with E-state index >= 15 is 0 Å². The molecule has 7 heteroatoms. The van der Waals surface area contributed by atoms with Gasteiger partial charge in [-0.05, 0) is 31.2 Å². The average Bonchev–Trinajstić information content (AvgIpc) is 2.75. The Bertz CT molecular complexity index is 794. The molecule has 0 amide bonds. The number of aromatic nitrogens is 3. The summed E-state index contributed by atoms with van der Waals surface area (Å²) in [7, 11) is 0. The third-order valence-corrected chi connectivity index (χ3v) is 3.60. The van der Waals surface area contributed by atoms with Crippen LogP contribution in [0.2, 0.25) is 5.02 Å². The molecule has 2 heterocycles. The van der Waals surface area contributed by atoms with Crippen LogP contribution < -0.4 is 10.9 Å². The lowest BCUT2D eigenvalue weighted by molar-refractivity contribution is 1.06. The number of aryl methyl sites for hydroxylation is 1. The predicted molar refractivity (Wildman–Crippen MR) is 77.5 cm³/mol. The van der Waals surface area contributed by atoms with E-state index in [-0.39, 0.29) is 5.56 Å². The van der Waals surface area contributed by atoms with Gasteiger partial charge >= 0.3 is 0 Å². The number of anilines is 2. The molecule has 1 aromatic carbocycles. The van der Waals surface area contributed by atoms with Gasteiger partial charge in [0.25, 0.3) is 5.56 Å². The summed E-state index contributed by atoms with van der Waals surface area (Å²) in [5, 5.41) is 4.42. The fraction of sp³-hybridized carbons (Fsp3) is 0.0833. The van der Waals surface area contributed by atoms with Gasteiger partial charge in [-0.25, -0.2) is 9.97 Å². The minimum Gasteiger partial charge on any atom is -0.331 e. The van der Waals surface area contributed by atoms with Gasteiger partial charge < -0.3 is 10.3 Å². The summed E-state index contributed by atoms with van der Waals surface area (Å²) < 4.78 is 0. The number of nitrogens with zero attached hydrogens (tertiary/aromatic N) is 2. The Balaban J connectivity index is 2.00. The van der Waals surface area contributed by atoms with Gasteiger partial charge in [0.2, 0.25) is 0 Å². The first-order valence-electron chi connectivity index (χ1n) is 5.52. The van der Waals surface area contributed by atoms with E-state index in [1.807, 2.05) is 12.1 Å². The highest BCUT2D eigenvalue weighted by Crippen LogP contribution is 2.25. The van der Waals surface area contributed by atoms with Crippen LogP contribution in [0.5, 0.6) is 0 Å². The molecule has 2 aromatic heterocycles. The van der Waals surface area contributed by atoms with E-state index in [1.54, 1.807) is 19.1 Å². The standard InChI is InChI=1S/C12H9ClN4OS/c1-6-14-10(18)9-11(15-6)19-12(17-9)16-8-4-2-7(13)3-5-8/h2-5H,1H3,(H,16,17)(H,14,15,18). The highest BCUT2D eigenvalue weighted by Gasteiger charge is 2.09. The molecule has 96 valence electrons. The van der Waals surface area contributed by atoms with Crippen LogP contribution >= 0.6 is 22.9 Å². The Morgan fingerprint density at radius 1 is 1.26 bits per heavy atom. The third kappa shape index (κ3) is 2.45. The number of rotatable bonds is 2. The molecule has 0 radical (unpaired) electrons. The largest absolute Gasteiger partial charge is 0.331 e. The number of halogens is 1. The molecule has 5 nitrogen and oxygen atoms in total.